The lowest BCUT2D eigenvalue weighted by Gasteiger charge is -2.21. The molecule has 4 rings (SSSR count). The van der Waals surface area contributed by atoms with Gasteiger partial charge < -0.3 is 15.0 Å². The summed E-state index contributed by atoms with van der Waals surface area (Å²) >= 11 is 11.0. The number of carbonyl (C=O) groups excluding carboxylic acids is 3. The molecule has 1 aliphatic heterocycles. The number of nitrogens with zero attached hydrogens (tertiary/aromatic N) is 1. The van der Waals surface area contributed by atoms with Crippen LogP contribution in [0.25, 0.3) is 16.5 Å². The lowest BCUT2D eigenvalue weighted by atomic mass is 10.1. The Hall–Kier alpha value is -2.94. The second-order valence-electron chi connectivity index (χ2n) is 9.59. The molecule has 0 bridgehead atoms. The number of halogens is 2. The van der Waals surface area contributed by atoms with Gasteiger partial charge >= 0.3 is 5.97 Å². The summed E-state index contributed by atoms with van der Waals surface area (Å²) in [4.78, 5) is 41.7. The Kier molecular flexibility index (Phi) is 8.21. The van der Waals surface area contributed by atoms with Crippen LogP contribution >= 0.6 is 38.9 Å². The zero-order valence-electron chi connectivity index (χ0n) is 20.6. The fraction of sp³-hybridized carbons (Fsp3) is 0.250. The van der Waals surface area contributed by atoms with E-state index in [1.165, 1.54) is 6.08 Å². The van der Waals surface area contributed by atoms with Crippen LogP contribution in [-0.2, 0) is 14.3 Å². The maximum Gasteiger partial charge on any atom is 0.338 e. The highest BCUT2D eigenvalue weighted by Gasteiger charge is 2.34. The first-order chi connectivity index (χ1) is 17.5. The van der Waals surface area contributed by atoms with Crippen molar-refractivity contribution < 1.29 is 19.1 Å². The topological polar surface area (TPSA) is 75.7 Å². The van der Waals surface area contributed by atoms with E-state index in [4.69, 9.17) is 16.3 Å². The van der Waals surface area contributed by atoms with Crippen molar-refractivity contribution in [3.8, 4) is 10.4 Å². The molecule has 3 aromatic rings. The lowest BCUT2D eigenvalue weighted by molar-refractivity contribution is -0.123. The molecule has 1 atom stereocenters. The zero-order chi connectivity index (χ0) is 26.7. The lowest BCUT2D eigenvalue weighted by Crippen LogP contribution is -2.40. The molecule has 1 aromatic heterocycles. The number of anilines is 1. The van der Waals surface area contributed by atoms with Crippen LogP contribution in [0.4, 0.5) is 5.69 Å². The van der Waals surface area contributed by atoms with E-state index < -0.39 is 17.6 Å². The predicted molar refractivity (Wildman–Crippen MR) is 152 cm³/mol. The first-order valence-electron chi connectivity index (χ1n) is 11.7. The minimum absolute atomic E-state index is 0.227. The first kappa shape index (κ1) is 27.1. The molecule has 0 aliphatic carbocycles. The van der Waals surface area contributed by atoms with Crippen molar-refractivity contribution in [2.45, 2.75) is 38.8 Å². The molecule has 37 heavy (non-hydrogen) atoms. The monoisotopic (exact) mass is 600 g/mol. The molecule has 0 radical (unpaired) electrons. The van der Waals surface area contributed by atoms with Crippen LogP contribution in [-0.4, -0.2) is 36.0 Å². The molecule has 1 saturated heterocycles. The molecule has 1 aliphatic rings. The molecule has 1 unspecified atom stereocenters. The molecule has 0 spiro atoms. The van der Waals surface area contributed by atoms with E-state index in [2.05, 4.69) is 21.2 Å². The molecule has 2 aromatic carbocycles. The van der Waals surface area contributed by atoms with E-state index in [-0.39, 0.29) is 11.8 Å². The summed E-state index contributed by atoms with van der Waals surface area (Å²) < 4.78 is 6.11. The molecule has 2 amide bonds. The molecule has 192 valence electrons. The van der Waals surface area contributed by atoms with Crippen LogP contribution in [0, 0.1) is 0 Å². The van der Waals surface area contributed by atoms with Crippen molar-refractivity contribution in [1.29, 1.82) is 0 Å². The van der Waals surface area contributed by atoms with E-state index in [1.807, 2.05) is 36.4 Å². The summed E-state index contributed by atoms with van der Waals surface area (Å²) in [5, 5.41) is 3.46. The maximum absolute atomic E-state index is 13.1. The van der Waals surface area contributed by atoms with Crippen LogP contribution in [0.15, 0.2) is 65.1 Å². The summed E-state index contributed by atoms with van der Waals surface area (Å²) in [7, 11) is 0. The summed E-state index contributed by atoms with van der Waals surface area (Å²) in [6, 6.07) is 15.9. The Labute approximate surface area is 233 Å². The molecule has 9 heteroatoms. The normalized spacial score (nSPS) is 15.9. The summed E-state index contributed by atoms with van der Waals surface area (Å²) in [5.74, 6) is -1.04. The Morgan fingerprint density at radius 1 is 1.16 bits per heavy atom. The number of hydrogen-bond donors (Lipinski definition) is 1. The SMILES string of the molecule is CC(C)(C)OC(=O)c1cc(Br)cc(N2CCC(NC(=O)/C=C/c3ccc(-c4cccc(Cl)c4)s3)C2=O)c1. The minimum Gasteiger partial charge on any atom is -0.456 e. The van der Waals surface area contributed by atoms with Crippen molar-refractivity contribution in [2.75, 3.05) is 11.4 Å². The number of hydrogen-bond acceptors (Lipinski definition) is 5. The first-order valence-corrected chi connectivity index (χ1v) is 13.7. The third-order valence-corrected chi connectivity index (χ3v) is 7.28. The van der Waals surface area contributed by atoms with E-state index in [0.29, 0.717) is 33.7 Å². The van der Waals surface area contributed by atoms with Crippen LogP contribution in [0.5, 0.6) is 0 Å². The highest BCUT2D eigenvalue weighted by atomic mass is 79.9. The van der Waals surface area contributed by atoms with Crippen molar-refractivity contribution >= 4 is 68.4 Å². The van der Waals surface area contributed by atoms with Crippen molar-refractivity contribution in [3.63, 3.8) is 0 Å². The Bertz CT molecular complexity index is 1380. The zero-order valence-corrected chi connectivity index (χ0v) is 23.7. The average Bonchev–Trinajstić information content (AvgIpc) is 3.43. The summed E-state index contributed by atoms with van der Waals surface area (Å²) in [5.41, 5.74) is 1.29. The van der Waals surface area contributed by atoms with Gasteiger partial charge in [-0.3, -0.25) is 9.59 Å². The van der Waals surface area contributed by atoms with Crippen molar-refractivity contribution in [2.24, 2.45) is 0 Å². The van der Waals surface area contributed by atoms with E-state index in [9.17, 15) is 14.4 Å². The number of rotatable bonds is 6. The number of amides is 2. The highest BCUT2D eigenvalue weighted by molar-refractivity contribution is 9.10. The van der Waals surface area contributed by atoms with E-state index in [1.54, 1.807) is 61.3 Å². The van der Waals surface area contributed by atoms with Gasteiger partial charge in [0.25, 0.3) is 0 Å². The Balaban J connectivity index is 1.39. The van der Waals surface area contributed by atoms with Gasteiger partial charge in [-0.1, -0.05) is 39.7 Å². The number of benzene rings is 2. The largest absolute Gasteiger partial charge is 0.456 e. The van der Waals surface area contributed by atoms with Crippen LogP contribution in [0.1, 0.15) is 42.4 Å². The van der Waals surface area contributed by atoms with Gasteiger partial charge in [0.05, 0.1) is 5.56 Å². The van der Waals surface area contributed by atoms with Gasteiger partial charge in [0.1, 0.15) is 11.6 Å². The smallest absolute Gasteiger partial charge is 0.338 e. The molecular formula is C28H26BrClN2O4S. The predicted octanol–water partition coefficient (Wildman–Crippen LogP) is 6.72. The van der Waals surface area contributed by atoms with Crippen LogP contribution in [0.3, 0.4) is 0 Å². The number of ether oxygens (including phenoxy) is 1. The van der Waals surface area contributed by atoms with Gasteiger partial charge in [-0.15, -0.1) is 11.3 Å². The highest BCUT2D eigenvalue weighted by Crippen LogP contribution is 2.31. The van der Waals surface area contributed by atoms with E-state index >= 15 is 0 Å². The quantitative estimate of drug-likeness (QED) is 0.251. The number of esters is 1. The van der Waals surface area contributed by atoms with E-state index in [0.717, 1.165) is 15.3 Å². The van der Waals surface area contributed by atoms with Gasteiger partial charge in [0.2, 0.25) is 11.8 Å². The molecule has 0 saturated carbocycles. The van der Waals surface area contributed by atoms with Gasteiger partial charge in [-0.25, -0.2) is 4.79 Å². The summed E-state index contributed by atoms with van der Waals surface area (Å²) in [6.07, 6.45) is 3.63. The number of thiophene rings is 1. The van der Waals surface area contributed by atoms with Crippen molar-refractivity contribution in [3.05, 3.63) is 80.6 Å². The third-order valence-electron chi connectivity index (χ3n) is 5.49. The van der Waals surface area contributed by atoms with Gasteiger partial charge in [-0.2, -0.15) is 0 Å². The second-order valence-corrected chi connectivity index (χ2v) is 12.1. The fourth-order valence-corrected chi connectivity index (χ4v) is 5.45. The van der Waals surface area contributed by atoms with Crippen molar-refractivity contribution in [1.82, 2.24) is 5.32 Å². The van der Waals surface area contributed by atoms with Crippen LogP contribution in [0.2, 0.25) is 5.02 Å². The minimum atomic E-state index is -0.647. The molecular weight excluding hydrogens is 576 g/mol. The van der Waals surface area contributed by atoms with Gasteiger partial charge in [0, 0.05) is 37.6 Å². The molecule has 6 nitrogen and oxygen atoms in total. The molecule has 1 fully saturated rings. The number of carbonyl (C=O) groups is 3. The fourth-order valence-electron chi connectivity index (χ4n) is 3.87. The molecule has 2 heterocycles. The van der Waals surface area contributed by atoms with Crippen LogP contribution < -0.4 is 10.2 Å². The Morgan fingerprint density at radius 3 is 2.68 bits per heavy atom. The standard InChI is InChI=1S/C28H26BrClN2O4S/c1-28(2,3)36-27(35)18-13-19(29)16-21(15-18)32-12-11-23(26(32)34)31-25(33)10-8-22-7-9-24(37-22)17-5-4-6-20(30)14-17/h4-10,13-16,23H,11-12H2,1-3H3,(H,31,33)/b10-8+. The number of nitrogens with one attached hydrogen (secondary N) is 1. The van der Waals surface area contributed by atoms with Gasteiger partial charge in [0.15, 0.2) is 0 Å². The Morgan fingerprint density at radius 2 is 1.95 bits per heavy atom. The maximum atomic E-state index is 13.1. The van der Waals surface area contributed by atoms with Gasteiger partial charge in [-0.05, 0) is 81.3 Å². The summed E-state index contributed by atoms with van der Waals surface area (Å²) in [6.45, 7) is 5.82. The average molecular weight is 602 g/mol. The second kappa shape index (κ2) is 11.2. The third kappa shape index (κ3) is 7.09. The molecule has 1 N–H and O–H groups in total.